The van der Waals surface area contributed by atoms with Gasteiger partial charge in [0.05, 0.1) is 17.7 Å². The van der Waals surface area contributed by atoms with Crippen LogP contribution in [0.3, 0.4) is 0 Å². The van der Waals surface area contributed by atoms with Gasteiger partial charge in [0.2, 0.25) is 0 Å². The van der Waals surface area contributed by atoms with Gasteiger partial charge in [0.1, 0.15) is 11.2 Å². The molecule has 2 heterocycles. The zero-order valence-electron chi connectivity index (χ0n) is 16.1. The average molecular weight is 355 g/mol. The van der Waals surface area contributed by atoms with E-state index in [0.717, 1.165) is 40.9 Å². The zero-order chi connectivity index (χ0) is 18.7. The molecular formula is C19H29N7. The number of allylic oxidation sites excluding steroid dienone is 1. The third-order valence-corrected chi connectivity index (χ3v) is 4.76. The lowest BCUT2D eigenvalue weighted by molar-refractivity contribution is 0.303. The molecule has 1 fully saturated rings. The first-order chi connectivity index (χ1) is 12.5. The number of amidine groups is 2. The van der Waals surface area contributed by atoms with E-state index < -0.39 is 0 Å². The van der Waals surface area contributed by atoms with Crippen LogP contribution in [0.1, 0.15) is 33.1 Å². The van der Waals surface area contributed by atoms with Crippen molar-refractivity contribution >= 4 is 23.4 Å². The fourth-order valence-corrected chi connectivity index (χ4v) is 2.97. The van der Waals surface area contributed by atoms with E-state index in [1.54, 1.807) is 12.5 Å². The summed E-state index contributed by atoms with van der Waals surface area (Å²) < 4.78 is 1.99. The fourth-order valence-electron chi connectivity index (χ4n) is 2.97. The van der Waals surface area contributed by atoms with Crippen molar-refractivity contribution in [2.45, 2.75) is 39.2 Å². The van der Waals surface area contributed by atoms with Crippen LogP contribution in [0.25, 0.3) is 11.8 Å². The molecule has 3 rings (SSSR count). The van der Waals surface area contributed by atoms with Crippen LogP contribution in [-0.2, 0) is 7.05 Å². The standard InChI is InChI=1S/C19H29N7/c1-5-21-19(23-17-10-13(2)26(4)24-17)15(9-8-14-6-7-14)18-16(11-20)22-12-25(18)3/h8-9,11-14H,5-7,10,20H2,1-4H3,(H,21,23,24)/b9-8+,16-11-,18-15+. The summed E-state index contributed by atoms with van der Waals surface area (Å²) in [5.41, 5.74) is 6.82. The molecule has 0 amide bonds. The molecule has 3 N–H and O–H groups in total. The molecule has 1 aromatic heterocycles. The molecule has 26 heavy (non-hydrogen) atoms. The average Bonchev–Trinajstić information content (AvgIpc) is 3.29. The Bertz CT molecular complexity index is 855. The van der Waals surface area contributed by atoms with Crippen molar-refractivity contribution in [2.75, 3.05) is 13.6 Å². The van der Waals surface area contributed by atoms with Gasteiger partial charge in [-0.15, -0.1) is 0 Å². The molecule has 7 heteroatoms. The third kappa shape index (κ3) is 3.98. The summed E-state index contributed by atoms with van der Waals surface area (Å²) >= 11 is 0. The van der Waals surface area contributed by atoms with Crippen LogP contribution >= 0.6 is 0 Å². The minimum atomic E-state index is 0.367. The Morgan fingerprint density at radius 3 is 2.77 bits per heavy atom. The van der Waals surface area contributed by atoms with Crippen molar-refractivity contribution in [3.8, 4) is 0 Å². The molecule has 0 radical (unpaired) electrons. The van der Waals surface area contributed by atoms with E-state index in [0.29, 0.717) is 12.0 Å². The van der Waals surface area contributed by atoms with Crippen LogP contribution in [-0.4, -0.2) is 45.9 Å². The third-order valence-electron chi connectivity index (χ3n) is 4.76. The van der Waals surface area contributed by atoms with Crippen molar-refractivity contribution in [1.29, 1.82) is 0 Å². The second-order valence-electron chi connectivity index (χ2n) is 7.00. The summed E-state index contributed by atoms with van der Waals surface area (Å²) in [5, 5.41) is 11.7. The maximum atomic E-state index is 5.82. The number of imidazole rings is 1. The smallest absolute Gasteiger partial charge is 0.152 e. The monoisotopic (exact) mass is 355 g/mol. The number of aryl methyl sites for hydroxylation is 1. The predicted molar refractivity (Wildman–Crippen MR) is 107 cm³/mol. The lowest BCUT2D eigenvalue weighted by Gasteiger charge is -2.11. The van der Waals surface area contributed by atoms with Crippen LogP contribution in [0.5, 0.6) is 0 Å². The van der Waals surface area contributed by atoms with Crippen molar-refractivity contribution in [3.05, 3.63) is 29.2 Å². The van der Waals surface area contributed by atoms with Crippen LogP contribution < -0.4 is 21.7 Å². The van der Waals surface area contributed by atoms with Gasteiger partial charge in [-0.25, -0.2) is 9.98 Å². The summed E-state index contributed by atoms with van der Waals surface area (Å²) in [4.78, 5) is 9.27. The lowest BCUT2D eigenvalue weighted by Crippen LogP contribution is -2.38. The number of aromatic nitrogens is 2. The molecule has 1 aliphatic carbocycles. The van der Waals surface area contributed by atoms with E-state index in [9.17, 15) is 0 Å². The minimum absolute atomic E-state index is 0.367. The number of aliphatic imine (C=N–C) groups is 1. The first-order valence-electron chi connectivity index (χ1n) is 9.28. The molecule has 1 aliphatic heterocycles. The Labute approximate surface area is 154 Å². The molecule has 140 valence electrons. The van der Waals surface area contributed by atoms with Crippen molar-refractivity contribution in [1.82, 2.24) is 19.9 Å². The van der Waals surface area contributed by atoms with Gasteiger partial charge >= 0.3 is 0 Å². The molecule has 1 saturated carbocycles. The molecule has 0 aromatic carbocycles. The summed E-state index contributed by atoms with van der Waals surface area (Å²) in [5.74, 6) is 2.33. The SMILES string of the molecule is CCNC(=N/C1=NN(C)C(C)C1)/C(/C=C/C1CC1)=c1\c(=C\N)ncn1C. The summed E-state index contributed by atoms with van der Waals surface area (Å²) in [6.07, 6.45) is 11.1. The molecule has 7 nitrogen and oxygen atoms in total. The number of nitrogens with two attached hydrogens (primary N) is 1. The van der Waals surface area contributed by atoms with Crippen LogP contribution in [0.4, 0.5) is 0 Å². The minimum Gasteiger partial charge on any atom is -0.403 e. The predicted octanol–water partition coefficient (Wildman–Crippen LogP) is 0.279. The number of hydrogen-bond donors (Lipinski definition) is 2. The van der Waals surface area contributed by atoms with Crippen molar-refractivity contribution in [2.24, 2.45) is 28.8 Å². The Morgan fingerprint density at radius 1 is 1.42 bits per heavy atom. The van der Waals surface area contributed by atoms with E-state index in [4.69, 9.17) is 10.7 Å². The molecule has 1 aromatic rings. The van der Waals surface area contributed by atoms with Gasteiger partial charge in [-0.3, -0.25) is 5.01 Å². The van der Waals surface area contributed by atoms with Gasteiger partial charge in [-0.2, -0.15) is 5.10 Å². The highest BCUT2D eigenvalue weighted by Crippen LogP contribution is 2.30. The molecule has 0 saturated heterocycles. The summed E-state index contributed by atoms with van der Waals surface area (Å²) in [6, 6.07) is 0.367. The number of nitrogens with one attached hydrogen (secondary N) is 1. The van der Waals surface area contributed by atoms with Crippen molar-refractivity contribution < 1.29 is 0 Å². The maximum Gasteiger partial charge on any atom is 0.152 e. The Kier molecular flexibility index (Phi) is 5.44. The highest BCUT2D eigenvalue weighted by Gasteiger charge is 2.21. The van der Waals surface area contributed by atoms with Crippen LogP contribution in [0, 0.1) is 5.92 Å². The van der Waals surface area contributed by atoms with Gasteiger partial charge in [0.15, 0.2) is 5.84 Å². The Hall–Kier alpha value is -2.57. The number of hydrazone groups is 1. The number of hydrogen-bond acceptors (Lipinski definition) is 5. The normalized spacial score (nSPS) is 23.0. The molecule has 1 atom stereocenters. The van der Waals surface area contributed by atoms with Gasteiger partial charge in [0.25, 0.3) is 0 Å². The molecule has 0 spiro atoms. The lowest BCUT2D eigenvalue weighted by atomic mass is 10.1. The van der Waals surface area contributed by atoms with Crippen LogP contribution in [0.15, 0.2) is 28.6 Å². The zero-order valence-corrected chi connectivity index (χ0v) is 16.1. The maximum absolute atomic E-state index is 5.82. The first kappa shape index (κ1) is 18.2. The number of nitrogens with zero attached hydrogens (tertiary/aromatic N) is 5. The highest BCUT2D eigenvalue weighted by atomic mass is 15.5. The largest absolute Gasteiger partial charge is 0.403 e. The molecule has 0 bridgehead atoms. The van der Waals surface area contributed by atoms with Gasteiger partial charge < -0.3 is 15.6 Å². The molecular weight excluding hydrogens is 326 g/mol. The summed E-state index contributed by atoms with van der Waals surface area (Å²) in [6.45, 7) is 5.00. The van der Waals surface area contributed by atoms with E-state index >= 15 is 0 Å². The van der Waals surface area contributed by atoms with E-state index in [1.165, 1.54) is 12.8 Å². The molecule has 1 unspecified atom stereocenters. The quantitative estimate of drug-likeness (QED) is 0.600. The van der Waals surface area contributed by atoms with Gasteiger partial charge in [-0.1, -0.05) is 12.2 Å². The summed E-state index contributed by atoms with van der Waals surface area (Å²) in [7, 11) is 3.97. The topological polar surface area (TPSA) is 83.8 Å². The van der Waals surface area contributed by atoms with Crippen molar-refractivity contribution in [3.63, 3.8) is 0 Å². The second-order valence-corrected chi connectivity index (χ2v) is 7.00. The molecule has 2 aliphatic rings. The highest BCUT2D eigenvalue weighted by molar-refractivity contribution is 6.23. The van der Waals surface area contributed by atoms with E-state index in [1.807, 2.05) is 23.7 Å². The fraction of sp³-hybridized carbons (Fsp3) is 0.526. The Balaban J connectivity index is 2.15. The van der Waals surface area contributed by atoms with E-state index in [-0.39, 0.29) is 0 Å². The first-order valence-corrected chi connectivity index (χ1v) is 9.28. The van der Waals surface area contributed by atoms with E-state index in [2.05, 4.69) is 41.4 Å². The Morgan fingerprint density at radius 2 is 2.19 bits per heavy atom. The number of rotatable bonds is 4. The second kappa shape index (κ2) is 7.76. The van der Waals surface area contributed by atoms with Gasteiger partial charge in [0, 0.05) is 38.8 Å². The van der Waals surface area contributed by atoms with Crippen LogP contribution in [0.2, 0.25) is 0 Å². The van der Waals surface area contributed by atoms with Gasteiger partial charge in [-0.05, 0) is 32.6 Å².